The predicted molar refractivity (Wildman–Crippen MR) is 68.2 cm³/mol. The maximum Gasteiger partial charge on any atom is 0.133 e. The molecule has 0 aliphatic rings. The van der Waals surface area contributed by atoms with Gasteiger partial charge >= 0.3 is 0 Å². The van der Waals surface area contributed by atoms with Crippen LogP contribution in [0.15, 0.2) is 30.3 Å². The third kappa shape index (κ3) is 1.95. The van der Waals surface area contributed by atoms with Crippen LogP contribution in [0.5, 0.6) is 0 Å². The predicted octanol–water partition coefficient (Wildman–Crippen LogP) is 2.87. The summed E-state index contributed by atoms with van der Waals surface area (Å²) in [4.78, 5) is 4.04. The van der Waals surface area contributed by atoms with Crippen LogP contribution in [0.1, 0.15) is 5.56 Å². The molecule has 0 spiro atoms. The summed E-state index contributed by atoms with van der Waals surface area (Å²) in [5.74, 6) is 0.860. The van der Waals surface area contributed by atoms with E-state index < -0.39 is 0 Å². The van der Waals surface area contributed by atoms with Crippen LogP contribution in [-0.4, -0.2) is 4.98 Å². The van der Waals surface area contributed by atoms with Gasteiger partial charge in [-0.15, -0.1) is 0 Å². The molecule has 4 heteroatoms. The zero-order valence-corrected chi connectivity index (χ0v) is 9.62. The van der Waals surface area contributed by atoms with Crippen molar-refractivity contribution in [2.45, 2.75) is 6.92 Å². The van der Waals surface area contributed by atoms with E-state index in [2.05, 4.69) is 4.98 Å². The van der Waals surface area contributed by atoms with E-state index in [0.29, 0.717) is 16.7 Å². The number of benzene rings is 1. The number of halogens is 1. The van der Waals surface area contributed by atoms with Crippen LogP contribution in [0, 0.1) is 6.92 Å². The highest BCUT2D eigenvalue weighted by atomic mass is 35.5. The molecule has 4 N–H and O–H groups in total. The Kier molecular flexibility index (Phi) is 2.71. The van der Waals surface area contributed by atoms with Gasteiger partial charge in [0.2, 0.25) is 0 Å². The lowest BCUT2D eigenvalue weighted by Gasteiger charge is -2.09. The maximum absolute atomic E-state index is 5.90. The van der Waals surface area contributed by atoms with Crippen molar-refractivity contribution >= 4 is 23.2 Å². The van der Waals surface area contributed by atoms with E-state index in [0.717, 1.165) is 16.7 Å². The number of aromatic nitrogens is 1. The summed E-state index contributed by atoms with van der Waals surface area (Å²) >= 11 is 5.90. The summed E-state index contributed by atoms with van der Waals surface area (Å²) in [6.45, 7) is 1.98. The van der Waals surface area contributed by atoms with E-state index in [1.54, 1.807) is 6.07 Å². The van der Waals surface area contributed by atoms with E-state index in [4.69, 9.17) is 23.1 Å². The first-order chi connectivity index (χ1) is 7.58. The second-order valence-corrected chi connectivity index (χ2v) is 4.06. The summed E-state index contributed by atoms with van der Waals surface area (Å²) in [6, 6.07) is 9.27. The lowest BCUT2D eigenvalue weighted by atomic mass is 10.0. The van der Waals surface area contributed by atoms with E-state index in [9.17, 15) is 0 Å². The van der Waals surface area contributed by atoms with Crippen LogP contribution in [0.25, 0.3) is 11.1 Å². The van der Waals surface area contributed by atoms with Crippen molar-refractivity contribution in [1.82, 2.24) is 4.98 Å². The highest BCUT2D eigenvalue weighted by Gasteiger charge is 2.07. The van der Waals surface area contributed by atoms with Gasteiger partial charge in [-0.3, -0.25) is 0 Å². The van der Waals surface area contributed by atoms with Gasteiger partial charge in [0, 0.05) is 10.6 Å². The number of nitrogen functional groups attached to an aromatic ring is 2. The first kappa shape index (κ1) is 10.8. The Morgan fingerprint density at radius 2 is 1.75 bits per heavy atom. The van der Waals surface area contributed by atoms with E-state index in [1.165, 1.54) is 0 Å². The normalized spacial score (nSPS) is 10.4. The molecule has 2 aromatic rings. The molecular weight excluding hydrogens is 222 g/mol. The molecule has 0 radical (unpaired) electrons. The van der Waals surface area contributed by atoms with Gasteiger partial charge in [-0.1, -0.05) is 17.7 Å². The summed E-state index contributed by atoms with van der Waals surface area (Å²) in [7, 11) is 0. The summed E-state index contributed by atoms with van der Waals surface area (Å²) in [5.41, 5.74) is 14.4. The number of rotatable bonds is 1. The molecule has 1 aromatic heterocycles. The summed E-state index contributed by atoms with van der Waals surface area (Å²) in [6.07, 6.45) is 0. The highest BCUT2D eigenvalue weighted by Crippen LogP contribution is 2.29. The summed E-state index contributed by atoms with van der Waals surface area (Å²) in [5, 5.41) is 0.711. The van der Waals surface area contributed by atoms with Crippen molar-refractivity contribution < 1.29 is 0 Å². The van der Waals surface area contributed by atoms with Gasteiger partial charge in [0.05, 0.1) is 0 Å². The molecule has 0 aliphatic heterocycles. The zero-order valence-electron chi connectivity index (χ0n) is 8.87. The minimum atomic E-state index is 0.424. The fraction of sp³-hybridized carbons (Fsp3) is 0.0833. The van der Waals surface area contributed by atoms with Gasteiger partial charge in [0.15, 0.2) is 0 Å². The van der Waals surface area contributed by atoms with Gasteiger partial charge in [-0.2, -0.15) is 0 Å². The largest absolute Gasteiger partial charge is 0.384 e. The molecule has 0 unspecified atom stereocenters. The Labute approximate surface area is 99.1 Å². The van der Waals surface area contributed by atoms with Crippen LogP contribution in [-0.2, 0) is 0 Å². The van der Waals surface area contributed by atoms with Gasteiger partial charge in [-0.05, 0) is 42.3 Å². The third-order valence-corrected chi connectivity index (χ3v) is 2.66. The molecule has 1 aromatic carbocycles. The van der Waals surface area contributed by atoms with E-state index in [-0.39, 0.29) is 0 Å². The molecule has 82 valence electrons. The van der Waals surface area contributed by atoms with Crippen LogP contribution < -0.4 is 11.5 Å². The quantitative estimate of drug-likeness (QED) is 0.796. The molecule has 0 atom stereocenters. The van der Waals surface area contributed by atoms with Crippen molar-refractivity contribution in [1.29, 1.82) is 0 Å². The number of aryl methyl sites for hydroxylation is 1. The molecule has 3 nitrogen and oxygen atoms in total. The standard InChI is InChI=1S/C12H12ClN3/c1-7-6-8(13)2-3-9(7)10-4-5-11(14)16-12(10)15/h2-6H,1H3,(H4,14,15,16). The smallest absolute Gasteiger partial charge is 0.133 e. The van der Waals surface area contributed by atoms with Crippen LogP contribution >= 0.6 is 11.6 Å². The molecule has 0 saturated carbocycles. The summed E-state index contributed by atoms with van der Waals surface area (Å²) < 4.78 is 0. The molecule has 2 rings (SSSR count). The zero-order chi connectivity index (χ0) is 11.7. The fourth-order valence-corrected chi connectivity index (χ4v) is 1.87. The Morgan fingerprint density at radius 3 is 2.38 bits per heavy atom. The molecular formula is C12H12ClN3. The SMILES string of the molecule is Cc1cc(Cl)ccc1-c1ccc(N)nc1N. The molecule has 1 heterocycles. The Balaban J connectivity index is 2.59. The first-order valence-electron chi connectivity index (χ1n) is 4.86. The molecule has 0 saturated heterocycles. The van der Waals surface area contributed by atoms with Gasteiger partial charge in [0.25, 0.3) is 0 Å². The van der Waals surface area contributed by atoms with Crippen molar-refractivity contribution in [3.8, 4) is 11.1 Å². The van der Waals surface area contributed by atoms with Gasteiger partial charge < -0.3 is 11.5 Å². The number of anilines is 2. The molecule has 0 bridgehead atoms. The van der Waals surface area contributed by atoms with E-state index in [1.807, 2.05) is 31.2 Å². The first-order valence-corrected chi connectivity index (χ1v) is 5.24. The van der Waals surface area contributed by atoms with Crippen molar-refractivity contribution in [2.24, 2.45) is 0 Å². The van der Waals surface area contributed by atoms with Crippen LogP contribution in [0.4, 0.5) is 11.6 Å². The van der Waals surface area contributed by atoms with Crippen molar-refractivity contribution in [3.63, 3.8) is 0 Å². The minimum Gasteiger partial charge on any atom is -0.384 e. The van der Waals surface area contributed by atoms with Crippen molar-refractivity contribution in [3.05, 3.63) is 40.9 Å². The molecule has 16 heavy (non-hydrogen) atoms. The van der Waals surface area contributed by atoms with Crippen LogP contribution in [0.2, 0.25) is 5.02 Å². The van der Waals surface area contributed by atoms with Crippen molar-refractivity contribution in [2.75, 3.05) is 11.5 Å². The number of hydrogen-bond acceptors (Lipinski definition) is 3. The topological polar surface area (TPSA) is 64.9 Å². The average molecular weight is 234 g/mol. The average Bonchev–Trinajstić information content (AvgIpc) is 2.19. The number of nitrogens with two attached hydrogens (primary N) is 2. The Morgan fingerprint density at radius 1 is 1.06 bits per heavy atom. The van der Waals surface area contributed by atoms with E-state index >= 15 is 0 Å². The number of pyridine rings is 1. The minimum absolute atomic E-state index is 0.424. The second kappa shape index (κ2) is 4.02. The third-order valence-electron chi connectivity index (χ3n) is 2.42. The van der Waals surface area contributed by atoms with Crippen LogP contribution in [0.3, 0.4) is 0 Å². The van der Waals surface area contributed by atoms with Gasteiger partial charge in [-0.25, -0.2) is 4.98 Å². The molecule has 0 aliphatic carbocycles. The highest BCUT2D eigenvalue weighted by molar-refractivity contribution is 6.30. The number of hydrogen-bond donors (Lipinski definition) is 2. The molecule has 0 fully saturated rings. The monoisotopic (exact) mass is 233 g/mol. The number of nitrogens with zero attached hydrogens (tertiary/aromatic N) is 1. The maximum atomic E-state index is 5.90. The Bertz CT molecular complexity index is 488. The van der Waals surface area contributed by atoms with Gasteiger partial charge in [0.1, 0.15) is 11.6 Å². The lowest BCUT2D eigenvalue weighted by molar-refractivity contribution is 1.33. The fourth-order valence-electron chi connectivity index (χ4n) is 1.65. The second-order valence-electron chi connectivity index (χ2n) is 3.63. The Hall–Kier alpha value is -1.74. The molecule has 0 amide bonds. The lowest BCUT2D eigenvalue weighted by Crippen LogP contribution is -1.98.